The van der Waals surface area contributed by atoms with Gasteiger partial charge in [0.1, 0.15) is 11.5 Å². The summed E-state index contributed by atoms with van der Waals surface area (Å²) in [5.74, 6) is -0.0731. The lowest BCUT2D eigenvalue weighted by Gasteiger charge is -2.35. The number of nitrogens with one attached hydrogen (secondary N) is 1. The monoisotopic (exact) mass is 483 g/mol. The summed E-state index contributed by atoms with van der Waals surface area (Å²) < 4.78 is 20.3. The van der Waals surface area contributed by atoms with Crippen LogP contribution >= 0.6 is 11.6 Å². The minimum Gasteiger partial charge on any atom is -0.372 e. The van der Waals surface area contributed by atoms with Gasteiger partial charge in [-0.25, -0.2) is 4.39 Å². The topological polar surface area (TPSA) is 48.6 Å². The number of H-pyrrole nitrogens is 1. The number of halogens is 2. The molecule has 0 spiro atoms. The van der Waals surface area contributed by atoms with Crippen molar-refractivity contribution in [1.82, 2.24) is 14.8 Å². The fraction of sp³-hybridized carbons (Fsp3) is 0.444. The lowest BCUT2D eigenvalue weighted by Crippen LogP contribution is -2.48. The number of likely N-dealkylation sites (tertiary alicyclic amines) is 1. The summed E-state index contributed by atoms with van der Waals surface area (Å²) in [5.41, 5.74) is 3.32. The fourth-order valence-electron chi connectivity index (χ4n) is 5.55. The Kier molecular flexibility index (Phi) is 6.65. The van der Waals surface area contributed by atoms with Crippen LogP contribution in [0.2, 0.25) is 5.02 Å². The number of carbonyl (C=O) groups excluding carboxylic acids is 1. The number of para-hydroxylation sites is 1. The van der Waals surface area contributed by atoms with E-state index < -0.39 is 0 Å². The molecule has 2 saturated heterocycles. The van der Waals surface area contributed by atoms with Crippen molar-refractivity contribution in [3.8, 4) is 0 Å². The Hall–Kier alpha value is -2.41. The largest absolute Gasteiger partial charge is 0.372 e. The molecule has 0 aliphatic carbocycles. The zero-order valence-corrected chi connectivity index (χ0v) is 20.4. The van der Waals surface area contributed by atoms with Crippen LogP contribution in [0.15, 0.2) is 42.5 Å². The number of hydrogen-bond donors (Lipinski definition) is 1. The Morgan fingerprint density at radius 2 is 1.79 bits per heavy atom. The first-order valence-electron chi connectivity index (χ1n) is 12.1. The van der Waals surface area contributed by atoms with Gasteiger partial charge < -0.3 is 14.6 Å². The molecule has 5 nitrogen and oxygen atoms in total. The lowest BCUT2D eigenvalue weighted by atomic mass is 9.88. The van der Waals surface area contributed by atoms with Gasteiger partial charge in [-0.2, -0.15) is 0 Å². The predicted molar refractivity (Wildman–Crippen MR) is 133 cm³/mol. The van der Waals surface area contributed by atoms with Crippen molar-refractivity contribution >= 4 is 28.4 Å². The third-order valence-electron chi connectivity index (χ3n) is 7.11. The average Bonchev–Trinajstić information content (AvgIpc) is 3.17. The minimum atomic E-state index is -0.218. The third kappa shape index (κ3) is 4.59. The van der Waals surface area contributed by atoms with Crippen molar-refractivity contribution in [2.75, 3.05) is 26.2 Å². The van der Waals surface area contributed by atoms with E-state index in [4.69, 9.17) is 16.3 Å². The average molecular weight is 484 g/mol. The first-order valence-corrected chi connectivity index (χ1v) is 12.5. The summed E-state index contributed by atoms with van der Waals surface area (Å²) in [6.07, 6.45) is 1.71. The first kappa shape index (κ1) is 23.3. The maximum atomic E-state index is 14.4. The molecule has 2 aromatic carbocycles. The van der Waals surface area contributed by atoms with Crippen LogP contribution in [0.25, 0.3) is 10.9 Å². The highest BCUT2D eigenvalue weighted by atomic mass is 35.5. The van der Waals surface area contributed by atoms with E-state index in [1.807, 2.05) is 36.9 Å². The molecule has 3 heterocycles. The summed E-state index contributed by atoms with van der Waals surface area (Å²) in [7, 11) is 0. The van der Waals surface area contributed by atoms with E-state index in [0.29, 0.717) is 35.9 Å². The van der Waals surface area contributed by atoms with Crippen LogP contribution in [0, 0.1) is 5.82 Å². The normalized spacial score (nSPS) is 22.4. The highest BCUT2D eigenvalue weighted by Gasteiger charge is 2.31. The van der Waals surface area contributed by atoms with Gasteiger partial charge in [0, 0.05) is 46.7 Å². The number of aromatic amines is 1. The molecule has 180 valence electrons. The van der Waals surface area contributed by atoms with E-state index in [9.17, 15) is 9.18 Å². The molecule has 7 heteroatoms. The molecule has 1 amide bonds. The van der Waals surface area contributed by atoms with Gasteiger partial charge in [-0.15, -0.1) is 0 Å². The summed E-state index contributed by atoms with van der Waals surface area (Å²) in [4.78, 5) is 21.3. The number of hydrogen-bond acceptors (Lipinski definition) is 3. The number of amides is 1. The van der Waals surface area contributed by atoms with E-state index >= 15 is 0 Å². The van der Waals surface area contributed by atoms with Crippen LogP contribution in [0.4, 0.5) is 4.39 Å². The van der Waals surface area contributed by atoms with Gasteiger partial charge in [-0.3, -0.25) is 9.69 Å². The number of rotatable bonds is 4. The predicted octanol–water partition coefficient (Wildman–Crippen LogP) is 5.59. The number of piperidine rings is 1. The molecule has 3 aromatic rings. The van der Waals surface area contributed by atoms with Gasteiger partial charge in [-0.1, -0.05) is 35.9 Å². The minimum absolute atomic E-state index is 0.0183. The van der Waals surface area contributed by atoms with Crippen molar-refractivity contribution in [1.29, 1.82) is 0 Å². The first-order chi connectivity index (χ1) is 16.4. The molecule has 0 saturated carbocycles. The Labute approximate surface area is 204 Å². The van der Waals surface area contributed by atoms with Gasteiger partial charge >= 0.3 is 0 Å². The van der Waals surface area contributed by atoms with Gasteiger partial charge in [-0.05, 0) is 63.9 Å². The van der Waals surface area contributed by atoms with Crippen molar-refractivity contribution in [3.63, 3.8) is 0 Å². The second kappa shape index (κ2) is 9.68. The number of carbonyl (C=O) groups is 1. The molecule has 1 N–H and O–H groups in total. The quantitative estimate of drug-likeness (QED) is 0.526. The van der Waals surface area contributed by atoms with Crippen molar-refractivity contribution in [2.24, 2.45) is 0 Å². The second-order valence-electron chi connectivity index (χ2n) is 9.68. The molecular weight excluding hydrogens is 453 g/mol. The van der Waals surface area contributed by atoms with Gasteiger partial charge in [0.25, 0.3) is 5.91 Å². The maximum Gasteiger partial charge on any atom is 0.270 e. The molecule has 2 atom stereocenters. The number of aromatic nitrogens is 1. The van der Waals surface area contributed by atoms with E-state index in [-0.39, 0.29) is 29.9 Å². The van der Waals surface area contributed by atoms with Crippen LogP contribution in [0.3, 0.4) is 0 Å². The molecule has 2 aliphatic heterocycles. The van der Waals surface area contributed by atoms with Crippen LogP contribution in [-0.4, -0.2) is 59.1 Å². The molecule has 2 fully saturated rings. The van der Waals surface area contributed by atoms with E-state index in [1.165, 1.54) is 6.07 Å². The third-order valence-corrected chi connectivity index (χ3v) is 7.44. The summed E-state index contributed by atoms with van der Waals surface area (Å²) in [6, 6.07) is 13.0. The number of fused-ring (bicyclic) bond motifs is 1. The molecule has 0 radical (unpaired) electrons. The number of ether oxygens (including phenoxy) is 1. The molecule has 2 unspecified atom stereocenters. The zero-order valence-electron chi connectivity index (χ0n) is 19.7. The fourth-order valence-corrected chi connectivity index (χ4v) is 5.87. The molecule has 1 aromatic heterocycles. The molecular formula is C27H31ClFN3O2. The second-order valence-corrected chi connectivity index (χ2v) is 10.1. The Bertz CT molecular complexity index is 1160. The van der Waals surface area contributed by atoms with E-state index in [2.05, 4.69) is 16.0 Å². The highest BCUT2D eigenvalue weighted by Crippen LogP contribution is 2.35. The van der Waals surface area contributed by atoms with E-state index in [0.717, 1.165) is 42.4 Å². The lowest BCUT2D eigenvalue weighted by molar-refractivity contribution is -0.0587. The van der Waals surface area contributed by atoms with Gasteiger partial charge in [0.15, 0.2) is 0 Å². The van der Waals surface area contributed by atoms with Crippen LogP contribution in [0.1, 0.15) is 54.2 Å². The number of benzene rings is 2. The summed E-state index contributed by atoms with van der Waals surface area (Å²) in [5, 5.41) is 1.59. The van der Waals surface area contributed by atoms with Crippen LogP contribution in [-0.2, 0) is 11.3 Å². The smallest absolute Gasteiger partial charge is 0.270 e. The maximum absolute atomic E-state index is 14.4. The number of nitrogens with zero attached hydrogens (tertiary/aromatic N) is 2. The molecule has 34 heavy (non-hydrogen) atoms. The van der Waals surface area contributed by atoms with Crippen LogP contribution in [0.5, 0.6) is 0 Å². The Morgan fingerprint density at radius 3 is 2.50 bits per heavy atom. The Balaban J connectivity index is 1.36. The molecule has 0 bridgehead atoms. The van der Waals surface area contributed by atoms with Crippen molar-refractivity contribution < 1.29 is 13.9 Å². The molecule has 2 aliphatic rings. The van der Waals surface area contributed by atoms with Gasteiger partial charge in [0.05, 0.1) is 12.2 Å². The highest BCUT2D eigenvalue weighted by molar-refractivity contribution is 6.31. The summed E-state index contributed by atoms with van der Waals surface area (Å²) >= 11 is 6.32. The summed E-state index contributed by atoms with van der Waals surface area (Å²) in [6.45, 7) is 7.53. The Morgan fingerprint density at radius 1 is 1.09 bits per heavy atom. The van der Waals surface area contributed by atoms with Crippen molar-refractivity contribution in [2.45, 2.75) is 51.4 Å². The zero-order chi connectivity index (χ0) is 23.8. The SMILES string of the molecule is CC1CN(C(=O)c2[nH]c3ccccc3c2CN2CCC(c3c(F)cccc3Cl)CC2)CC(C)O1. The van der Waals surface area contributed by atoms with E-state index in [1.54, 1.807) is 12.1 Å². The van der Waals surface area contributed by atoms with Crippen LogP contribution < -0.4 is 0 Å². The van der Waals surface area contributed by atoms with Gasteiger partial charge in [0.2, 0.25) is 0 Å². The van der Waals surface area contributed by atoms with Crippen molar-refractivity contribution in [3.05, 3.63) is 70.1 Å². The standard InChI is InChI=1S/C27H31ClFN3O2/c1-17-14-32(15-18(2)34-17)27(33)26-21(20-6-3-4-9-24(20)30-26)16-31-12-10-19(11-13-31)25-22(28)7-5-8-23(25)29/h3-9,17-19,30H,10-16H2,1-2H3. The number of morpholine rings is 1. The molecule has 5 rings (SSSR count).